The first-order valence-electron chi connectivity index (χ1n) is 10.3. The van der Waals surface area contributed by atoms with E-state index in [1.54, 1.807) is 18.2 Å². The van der Waals surface area contributed by atoms with E-state index in [4.69, 9.17) is 0 Å². The summed E-state index contributed by atoms with van der Waals surface area (Å²) >= 11 is 0. The molecule has 1 aromatic heterocycles. The molecular formula is C23H23F3N4O. The monoisotopic (exact) mass is 428 g/mol. The van der Waals surface area contributed by atoms with Crippen molar-refractivity contribution in [3.63, 3.8) is 0 Å². The minimum Gasteiger partial charge on any atom is -0.354 e. The first kappa shape index (κ1) is 21.1. The van der Waals surface area contributed by atoms with Crippen LogP contribution in [-0.4, -0.2) is 29.0 Å². The number of piperidine rings is 1. The van der Waals surface area contributed by atoms with E-state index in [9.17, 15) is 18.0 Å². The highest BCUT2D eigenvalue weighted by Crippen LogP contribution is 2.36. The Kier molecular flexibility index (Phi) is 5.80. The molecule has 1 saturated heterocycles. The summed E-state index contributed by atoms with van der Waals surface area (Å²) in [5.74, 6) is -0.846. The van der Waals surface area contributed by atoms with Crippen LogP contribution < -0.4 is 10.2 Å². The number of para-hydroxylation sites is 2. The molecule has 1 N–H and O–H groups in total. The highest BCUT2D eigenvalue weighted by Gasteiger charge is 2.40. The Hall–Kier alpha value is -3.16. The second kappa shape index (κ2) is 8.53. The maximum Gasteiger partial charge on any atom is 0.437 e. The minimum absolute atomic E-state index is 0.162. The number of carbonyl (C=O) groups is 1. The molecule has 0 unspecified atom stereocenters. The number of nitrogens with one attached hydrogen (secondary N) is 1. The van der Waals surface area contributed by atoms with Gasteiger partial charge in [-0.25, -0.2) is 9.97 Å². The van der Waals surface area contributed by atoms with Gasteiger partial charge in [0.25, 0.3) is 0 Å². The summed E-state index contributed by atoms with van der Waals surface area (Å²) in [4.78, 5) is 22.5. The molecular weight excluding hydrogens is 405 g/mol. The zero-order valence-corrected chi connectivity index (χ0v) is 17.1. The van der Waals surface area contributed by atoms with Crippen LogP contribution in [0.2, 0.25) is 0 Å². The van der Waals surface area contributed by atoms with Crippen LogP contribution in [0.25, 0.3) is 11.0 Å². The molecule has 2 heterocycles. The lowest BCUT2D eigenvalue weighted by atomic mass is 9.96. The number of nitrogens with zero attached hydrogens (tertiary/aromatic N) is 3. The molecule has 162 valence electrons. The summed E-state index contributed by atoms with van der Waals surface area (Å²) in [6.45, 7) is 2.61. The van der Waals surface area contributed by atoms with Gasteiger partial charge in [0.05, 0.1) is 17.0 Å². The van der Waals surface area contributed by atoms with Gasteiger partial charge in [0.1, 0.15) is 0 Å². The van der Waals surface area contributed by atoms with Gasteiger partial charge in [0.15, 0.2) is 11.5 Å². The number of anilines is 2. The second-order valence-electron chi connectivity index (χ2n) is 7.71. The number of amides is 1. The van der Waals surface area contributed by atoms with Crippen LogP contribution in [-0.2, 0) is 17.4 Å². The van der Waals surface area contributed by atoms with Crippen molar-refractivity contribution in [2.24, 2.45) is 5.92 Å². The van der Waals surface area contributed by atoms with Crippen LogP contribution in [0.5, 0.6) is 0 Å². The number of aryl methyl sites for hydroxylation is 1. The lowest BCUT2D eigenvalue weighted by Gasteiger charge is -2.34. The molecule has 1 atom stereocenters. The predicted molar refractivity (Wildman–Crippen MR) is 114 cm³/mol. The maximum atomic E-state index is 13.7. The Bertz CT molecular complexity index is 1080. The average molecular weight is 428 g/mol. The Labute approximate surface area is 178 Å². The fourth-order valence-electron chi connectivity index (χ4n) is 3.85. The number of rotatable bonds is 4. The average Bonchev–Trinajstić information content (AvgIpc) is 2.78. The third-order valence-electron chi connectivity index (χ3n) is 5.54. The largest absolute Gasteiger partial charge is 0.437 e. The first-order valence-corrected chi connectivity index (χ1v) is 10.3. The molecule has 0 aliphatic carbocycles. The van der Waals surface area contributed by atoms with E-state index in [-0.39, 0.29) is 23.8 Å². The number of alkyl halides is 3. The number of halogens is 3. The molecule has 5 nitrogen and oxygen atoms in total. The Morgan fingerprint density at radius 2 is 1.77 bits per heavy atom. The Morgan fingerprint density at radius 3 is 2.42 bits per heavy atom. The summed E-state index contributed by atoms with van der Waals surface area (Å²) in [7, 11) is 0. The van der Waals surface area contributed by atoms with Crippen molar-refractivity contribution < 1.29 is 18.0 Å². The van der Waals surface area contributed by atoms with E-state index in [0.717, 1.165) is 12.0 Å². The van der Waals surface area contributed by atoms with Crippen LogP contribution in [0.3, 0.4) is 0 Å². The smallest absolute Gasteiger partial charge is 0.354 e. The summed E-state index contributed by atoms with van der Waals surface area (Å²) < 4.78 is 41.2. The van der Waals surface area contributed by atoms with Crippen molar-refractivity contribution in [3.8, 4) is 0 Å². The quantitative estimate of drug-likeness (QED) is 0.631. The number of hydrogen-bond donors (Lipinski definition) is 1. The molecule has 0 bridgehead atoms. The van der Waals surface area contributed by atoms with Crippen LogP contribution in [0.4, 0.5) is 24.7 Å². The van der Waals surface area contributed by atoms with Crippen LogP contribution >= 0.6 is 0 Å². The van der Waals surface area contributed by atoms with Crippen molar-refractivity contribution in [2.45, 2.75) is 32.4 Å². The third kappa shape index (κ3) is 4.62. The molecule has 1 amide bonds. The van der Waals surface area contributed by atoms with Crippen molar-refractivity contribution in [1.82, 2.24) is 9.97 Å². The zero-order valence-electron chi connectivity index (χ0n) is 17.1. The van der Waals surface area contributed by atoms with Gasteiger partial charge in [0, 0.05) is 18.8 Å². The second-order valence-corrected chi connectivity index (χ2v) is 7.71. The summed E-state index contributed by atoms with van der Waals surface area (Å²) in [5.41, 5.74) is 1.42. The van der Waals surface area contributed by atoms with E-state index in [2.05, 4.69) is 22.2 Å². The van der Waals surface area contributed by atoms with Gasteiger partial charge < -0.3 is 10.2 Å². The summed E-state index contributed by atoms with van der Waals surface area (Å²) in [6.07, 6.45) is -2.53. The van der Waals surface area contributed by atoms with Gasteiger partial charge >= 0.3 is 6.18 Å². The number of benzene rings is 2. The van der Waals surface area contributed by atoms with E-state index in [0.29, 0.717) is 30.6 Å². The highest BCUT2D eigenvalue weighted by molar-refractivity contribution is 5.93. The maximum absolute atomic E-state index is 13.7. The van der Waals surface area contributed by atoms with Gasteiger partial charge in [-0.2, -0.15) is 13.2 Å². The van der Waals surface area contributed by atoms with Crippen molar-refractivity contribution in [1.29, 1.82) is 0 Å². The van der Waals surface area contributed by atoms with Crippen molar-refractivity contribution in [2.75, 3.05) is 23.3 Å². The highest BCUT2D eigenvalue weighted by atomic mass is 19.4. The zero-order chi connectivity index (χ0) is 22.0. The molecule has 0 radical (unpaired) electrons. The molecule has 1 aliphatic heterocycles. The lowest BCUT2D eigenvalue weighted by Crippen LogP contribution is -2.42. The predicted octanol–water partition coefficient (Wildman–Crippen LogP) is 5.07. The van der Waals surface area contributed by atoms with Gasteiger partial charge in [-0.15, -0.1) is 0 Å². The first-order chi connectivity index (χ1) is 14.8. The molecule has 8 heteroatoms. The fourth-order valence-corrected chi connectivity index (χ4v) is 3.85. The molecule has 2 aromatic carbocycles. The number of aromatic nitrogens is 2. The van der Waals surface area contributed by atoms with E-state index < -0.39 is 17.8 Å². The van der Waals surface area contributed by atoms with Crippen LogP contribution in [0.1, 0.15) is 31.0 Å². The molecule has 0 spiro atoms. The van der Waals surface area contributed by atoms with Gasteiger partial charge in [-0.1, -0.05) is 31.2 Å². The van der Waals surface area contributed by atoms with Gasteiger partial charge in [0.2, 0.25) is 5.91 Å². The molecule has 0 saturated carbocycles. The molecule has 4 rings (SSSR count). The van der Waals surface area contributed by atoms with E-state index in [1.165, 1.54) is 11.0 Å². The number of hydrogen-bond acceptors (Lipinski definition) is 4. The Morgan fingerprint density at radius 1 is 1.10 bits per heavy atom. The SMILES string of the molecule is CCc1ccc(NC(=O)[C@H]2CCCN(c3nc4ccccc4nc3C(F)(F)F)C2)cc1. The van der Waals surface area contributed by atoms with E-state index in [1.807, 2.05) is 24.3 Å². The molecule has 3 aromatic rings. The number of fused-ring (bicyclic) bond motifs is 1. The van der Waals surface area contributed by atoms with Crippen molar-refractivity contribution >= 4 is 28.4 Å². The molecule has 1 aliphatic rings. The van der Waals surface area contributed by atoms with Crippen LogP contribution in [0.15, 0.2) is 48.5 Å². The fraction of sp³-hybridized carbons (Fsp3) is 0.348. The standard InChI is InChI=1S/C23H23F3N4O/c1-2-15-9-11-17(12-10-15)27-22(31)16-6-5-13-30(14-16)21-20(23(24,25)26)28-18-7-3-4-8-19(18)29-21/h3-4,7-12,16H,2,5-6,13-14H2,1H3,(H,27,31)/t16-/m0/s1. The van der Waals surface area contributed by atoms with Crippen LogP contribution in [0, 0.1) is 5.92 Å². The van der Waals surface area contributed by atoms with E-state index >= 15 is 0 Å². The topological polar surface area (TPSA) is 58.1 Å². The summed E-state index contributed by atoms with van der Waals surface area (Å²) in [5, 5.41) is 2.89. The third-order valence-corrected chi connectivity index (χ3v) is 5.54. The normalized spacial score (nSPS) is 17.0. The lowest BCUT2D eigenvalue weighted by molar-refractivity contribution is -0.140. The van der Waals surface area contributed by atoms with Crippen molar-refractivity contribution in [3.05, 3.63) is 59.8 Å². The van der Waals surface area contributed by atoms with Gasteiger partial charge in [-0.3, -0.25) is 4.79 Å². The Balaban J connectivity index is 1.57. The minimum atomic E-state index is -4.64. The van der Waals surface area contributed by atoms with Gasteiger partial charge in [-0.05, 0) is 49.1 Å². The summed E-state index contributed by atoms with van der Waals surface area (Å²) in [6, 6.07) is 14.1. The number of carbonyl (C=O) groups excluding carboxylic acids is 1. The molecule has 1 fully saturated rings. The molecule has 31 heavy (non-hydrogen) atoms.